The van der Waals surface area contributed by atoms with Crippen molar-refractivity contribution in [3.63, 3.8) is 0 Å². The summed E-state index contributed by atoms with van der Waals surface area (Å²) >= 11 is 12.2. The Bertz CT molecular complexity index is 1060. The number of amides is 1. The van der Waals surface area contributed by atoms with E-state index in [1.165, 1.54) is 22.0 Å². The standard InChI is InChI=1S/C22H23Cl2N3O/c1-13-5-4-6-15-16-9-10-27(19(12-26(2)3)21(16)25-20(13)15)22(28)14-7-8-17(23)18(24)11-14/h4-8,11,19,25H,9-10,12H2,1-3H3. The molecule has 0 saturated carbocycles. The molecule has 1 amide bonds. The fourth-order valence-corrected chi connectivity index (χ4v) is 4.41. The number of halogens is 2. The van der Waals surface area contributed by atoms with Crippen LogP contribution in [0.15, 0.2) is 36.4 Å². The van der Waals surface area contributed by atoms with E-state index in [0.717, 1.165) is 18.7 Å². The van der Waals surface area contributed by atoms with Crippen LogP contribution in [0.5, 0.6) is 0 Å². The van der Waals surface area contributed by atoms with E-state index >= 15 is 0 Å². The summed E-state index contributed by atoms with van der Waals surface area (Å²) in [5, 5.41) is 2.12. The second-order valence-electron chi connectivity index (χ2n) is 7.67. The van der Waals surface area contributed by atoms with Crippen molar-refractivity contribution in [2.45, 2.75) is 19.4 Å². The SMILES string of the molecule is Cc1cccc2c3c([nH]c12)C(CN(C)C)N(C(=O)c1ccc(Cl)c(Cl)c1)CC3. The molecule has 0 bridgehead atoms. The van der Waals surface area contributed by atoms with Gasteiger partial charge in [-0.15, -0.1) is 0 Å². The molecule has 1 unspecified atom stereocenters. The molecule has 1 N–H and O–H groups in total. The van der Waals surface area contributed by atoms with E-state index in [2.05, 4.69) is 35.0 Å². The van der Waals surface area contributed by atoms with Crippen LogP contribution >= 0.6 is 23.2 Å². The van der Waals surface area contributed by atoms with Crippen molar-refractivity contribution in [3.8, 4) is 0 Å². The van der Waals surface area contributed by atoms with E-state index in [1.807, 2.05) is 19.0 Å². The van der Waals surface area contributed by atoms with Crippen LogP contribution in [0, 0.1) is 6.92 Å². The molecule has 28 heavy (non-hydrogen) atoms. The zero-order chi connectivity index (χ0) is 20.0. The minimum absolute atomic E-state index is 0.0218. The molecule has 0 spiro atoms. The Kier molecular flexibility index (Phi) is 5.13. The lowest BCUT2D eigenvalue weighted by Gasteiger charge is -2.37. The molecule has 1 atom stereocenters. The highest BCUT2D eigenvalue weighted by Crippen LogP contribution is 2.37. The van der Waals surface area contributed by atoms with E-state index in [4.69, 9.17) is 23.2 Å². The van der Waals surface area contributed by atoms with Gasteiger partial charge in [0.2, 0.25) is 0 Å². The molecule has 4 rings (SSSR count). The molecule has 0 radical (unpaired) electrons. The van der Waals surface area contributed by atoms with Gasteiger partial charge in [-0.25, -0.2) is 0 Å². The Labute approximate surface area is 175 Å². The summed E-state index contributed by atoms with van der Waals surface area (Å²) in [5.74, 6) is -0.0218. The largest absolute Gasteiger partial charge is 0.356 e. The fraction of sp³-hybridized carbons (Fsp3) is 0.318. The summed E-state index contributed by atoms with van der Waals surface area (Å²) in [5.41, 5.74) is 5.41. The first-order valence-electron chi connectivity index (χ1n) is 9.37. The average Bonchev–Trinajstić information content (AvgIpc) is 3.04. The van der Waals surface area contributed by atoms with E-state index < -0.39 is 0 Å². The van der Waals surface area contributed by atoms with Crippen molar-refractivity contribution in [2.24, 2.45) is 0 Å². The molecular formula is C22H23Cl2N3O. The normalized spacial score (nSPS) is 16.6. The number of aromatic nitrogens is 1. The summed E-state index contributed by atoms with van der Waals surface area (Å²) in [6, 6.07) is 11.4. The zero-order valence-corrected chi connectivity index (χ0v) is 17.7. The Balaban J connectivity index is 1.78. The molecule has 2 aromatic carbocycles. The monoisotopic (exact) mass is 415 g/mol. The molecule has 1 aliphatic rings. The molecule has 2 heterocycles. The number of aromatic amines is 1. The van der Waals surface area contributed by atoms with Crippen molar-refractivity contribution in [1.82, 2.24) is 14.8 Å². The van der Waals surface area contributed by atoms with Gasteiger partial charge < -0.3 is 14.8 Å². The summed E-state index contributed by atoms with van der Waals surface area (Å²) in [4.78, 5) is 21.0. The van der Waals surface area contributed by atoms with Crippen LogP contribution in [-0.4, -0.2) is 47.9 Å². The number of fused-ring (bicyclic) bond motifs is 3. The summed E-state index contributed by atoms with van der Waals surface area (Å²) < 4.78 is 0. The van der Waals surface area contributed by atoms with Crippen LogP contribution in [0.3, 0.4) is 0 Å². The van der Waals surface area contributed by atoms with Gasteiger partial charge in [0.15, 0.2) is 0 Å². The third-order valence-corrected chi connectivity index (χ3v) is 6.20. The third kappa shape index (κ3) is 3.30. The van der Waals surface area contributed by atoms with E-state index in [0.29, 0.717) is 22.2 Å². The highest BCUT2D eigenvalue weighted by Gasteiger charge is 2.34. The lowest BCUT2D eigenvalue weighted by molar-refractivity contribution is 0.0624. The summed E-state index contributed by atoms with van der Waals surface area (Å²) in [6.45, 7) is 3.53. The van der Waals surface area contributed by atoms with E-state index in [9.17, 15) is 4.79 Å². The van der Waals surface area contributed by atoms with Crippen molar-refractivity contribution >= 4 is 40.0 Å². The number of rotatable bonds is 3. The Morgan fingerprint density at radius 2 is 2.00 bits per heavy atom. The van der Waals surface area contributed by atoms with Gasteiger partial charge in [0.05, 0.1) is 16.1 Å². The molecule has 0 aliphatic carbocycles. The molecule has 3 aromatic rings. The van der Waals surface area contributed by atoms with Crippen molar-refractivity contribution in [2.75, 3.05) is 27.2 Å². The minimum atomic E-state index is -0.0486. The van der Waals surface area contributed by atoms with Gasteiger partial charge in [0, 0.05) is 35.2 Å². The van der Waals surface area contributed by atoms with Crippen LogP contribution in [0.25, 0.3) is 10.9 Å². The second kappa shape index (κ2) is 7.43. The first-order valence-corrected chi connectivity index (χ1v) is 10.1. The number of likely N-dealkylation sites (N-methyl/N-ethyl adjacent to an activating group) is 1. The van der Waals surface area contributed by atoms with Crippen molar-refractivity contribution in [3.05, 3.63) is 68.8 Å². The number of para-hydroxylation sites is 1. The number of carbonyl (C=O) groups excluding carboxylic acids is 1. The Morgan fingerprint density at radius 1 is 1.21 bits per heavy atom. The smallest absolute Gasteiger partial charge is 0.254 e. The Morgan fingerprint density at radius 3 is 2.71 bits per heavy atom. The van der Waals surface area contributed by atoms with Gasteiger partial charge in [-0.3, -0.25) is 4.79 Å². The van der Waals surface area contributed by atoms with Gasteiger partial charge in [-0.05, 0) is 56.8 Å². The molecule has 0 fully saturated rings. The van der Waals surface area contributed by atoms with Gasteiger partial charge in [-0.2, -0.15) is 0 Å². The molecular weight excluding hydrogens is 393 g/mol. The van der Waals surface area contributed by atoms with E-state index in [-0.39, 0.29) is 11.9 Å². The number of nitrogens with zero attached hydrogens (tertiary/aromatic N) is 2. The lowest BCUT2D eigenvalue weighted by atomic mass is 9.95. The molecule has 6 heteroatoms. The molecule has 146 valence electrons. The average molecular weight is 416 g/mol. The molecule has 4 nitrogen and oxygen atoms in total. The third-order valence-electron chi connectivity index (χ3n) is 5.46. The van der Waals surface area contributed by atoms with Gasteiger partial charge >= 0.3 is 0 Å². The van der Waals surface area contributed by atoms with Gasteiger partial charge in [0.1, 0.15) is 0 Å². The predicted molar refractivity (Wildman–Crippen MR) is 116 cm³/mol. The van der Waals surface area contributed by atoms with Crippen molar-refractivity contribution < 1.29 is 4.79 Å². The van der Waals surface area contributed by atoms with Crippen LogP contribution in [0.4, 0.5) is 0 Å². The maximum atomic E-state index is 13.3. The number of nitrogens with one attached hydrogen (secondary N) is 1. The topological polar surface area (TPSA) is 39.3 Å². The van der Waals surface area contributed by atoms with Crippen molar-refractivity contribution in [1.29, 1.82) is 0 Å². The molecule has 1 aromatic heterocycles. The molecule has 0 saturated heterocycles. The first-order chi connectivity index (χ1) is 13.4. The Hall–Kier alpha value is -2.01. The quantitative estimate of drug-likeness (QED) is 0.647. The van der Waals surface area contributed by atoms with Gasteiger partial charge in [-0.1, -0.05) is 41.4 Å². The van der Waals surface area contributed by atoms with Crippen LogP contribution in [0.2, 0.25) is 10.0 Å². The van der Waals surface area contributed by atoms with Crippen LogP contribution in [0.1, 0.15) is 33.2 Å². The summed E-state index contributed by atoms with van der Waals surface area (Å²) in [6.07, 6.45) is 0.829. The van der Waals surface area contributed by atoms with E-state index in [1.54, 1.807) is 18.2 Å². The van der Waals surface area contributed by atoms with Crippen LogP contribution in [-0.2, 0) is 6.42 Å². The fourth-order valence-electron chi connectivity index (χ4n) is 4.11. The zero-order valence-electron chi connectivity index (χ0n) is 16.2. The number of aryl methyl sites for hydroxylation is 1. The number of hydrogen-bond acceptors (Lipinski definition) is 2. The number of benzene rings is 2. The lowest BCUT2D eigenvalue weighted by Crippen LogP contribution is -2.44. The number of hydrogen-bond donors (Lipinski definition) is 1. The summed E-state index contributed by atoms with van der Waals surface area (Å²) in [7, 11) is 4.06. The first kappa shape index (κ1) is 19.3. The predicted octanol–water partition coefficient (Wildman–Crippen LogP) is 5.08. The minimum Gasteiger partial charge on any atom is -0.356 e. The maximum absolute atomic E-state index is 13.3. The highest BCUT2D eigenvalue weighted by molar-refractivity contribution is 6.42. The number of H-pyrrole nitrogens is 1. The second-order valence-corrected chi connectivity index (χ2v) is 8.48. The molecule has 1 aliphatic heterocycles. The maximum Gasteiger partial charge on any atom is 0.254 e. The highest BCUT2D eigenvalue weighted by atomic mass is 35.5. The van der Waals surface area contributed by atoms with Crippen LogP contribution < -0.4 is 0 Å². The number of carbonyl (C=O) groups is 1. The van der Waals surface area contributed by atoms with Gasteiger partial charge in [0.25, 0.3) is 5.91 Å².